The summed E-state index contributed by atoms with van der Waals surface area (Å²) in [5.74, 6) is 2.23. The zero-order chi connectivity index (χ0) is 10.6. The Morgan fingerprint density at radius 1 is 1.71 bits per heavy atom. The van der Waals surface area contributed by atoms with Gasteiger partial charge in [0.1, 0.15) is 6.54 Å². The van der Waals surface area contributed by atoms with Crippen molar-refractivity contribution >= 4 is 5.91 Å². The average molecular weight is 191 g/mol. The molecule has 1 N–H and O–H groups in total. The number of terminal acetylenes is 1. The second-order valence-corrected chi connectivity index (χ2v) is 3.07. The summed E-state index contributed by atoms with van der Waals surface area (Å²) in [7, 11) is 0. The summed E-state index contributed by atoms with van der Waals surface area (Å²) < 4.78 is 1.65. The summed E-state index contributed by atoms with van der Waals surface area (Å²) in [6.45, 7) is 4.29. The van der Waals surface area contributed by atoms with Crippen molar-refractivity contribution in [3.05, 3.63) is 17.5 Å². The SMILES string of the molecule is C#CCNC(=O)Cn1nc(C)cc1C. The molecule has 0 aromatic carbocycles. The van der Waals surface area contributed by atoms with Crippen molar-refractivity contribution in [2.24, 2.45) is 0 Å². The lowest BCUT2D eigenvalue weighted by Crippen LogP contribution is -2.28. The van der Waals surface area contributed by atoms with Gasteiger partial charge in [-0.15, -0.1) is 6.42 Å². The summed E-state index contributed by atoms with van der Waals surface area (Å²) in [6, 6.07) is 1.93. The largest absolute Gasteiger partial charge is 0.344 e. The van der Waals surface area contributed by atoms with Gasteiger partial charge in [0.2, 0.25) is 5.91 Å². The Morgan fingerprint density at radius 2 is 2.43 bits per heavy atom. The monoisotopic (exact) mass is 191 g/mol. The third-order valence-corrected chi connectivity index (χ3v) is 1.78. The Balaban J connectivity index is 2.56. The van der Waals surface area contributed by atoms with E-state index in [1.54, 1.807) is 4.68 Å². The molecule has 0 unspecified atom stereocenters. The molecule has 0 aliphatic heterocycles. The third kappa shape index (κ3) is 2.63. The molecule has 1 aromatic heterocycles. The van der Waals surface area contributed by atoms with Crippen LogP contribution in [-0.4, -0.2) is 22.2 Å². The number of nitrogens with zero attached hydrogens (tertiary/aromatic N) is 2. The van der Waals surface area contributed by atoms with Gasteiger partial charge in [-0.1, -0.05) is 5.92 Å². The highest BCUT2D eigenvalue weighted by molar-refractivity contribution is 5.75. The van der Waals surface area contributed by atoms with E-state index in [1.807, 2.05) is 19.9 Å². The molecule has 1 amide bonds. The van der Waals surface area contributed by atoms with Crippen LogP contribution in [0.3, 0.4) is 0 Å². The summed E-state index contributed by atoms with van der Waals surface area (Å²) >= 11 is 0. The number of aryl methyl sites for hydroxylation is 2. The number of carbonyl (C=O) groups excluding carboxylic acids is 1. The third-order valence-electron chi connectivity index (χ3n) is 1.78. The number of hydrogen-bond donors (Lipinski definition) is 1. The van der Waals surface area contributed by atoms with Crippen molar-refractivity contribution in [1.29, 1.82) is 0 Å². The number of rotatable bonds is 3. The van der Waals surface area contributed by atoms with Crippen LogP contribution in [0.1, 0.15) is 11.4 Å². The Morgan fingerprint density at radius 3 is 2.93 bits per heavy atom. The first-order valence-electron chi connectivity index (χ1n) is 4.34. The maximum Gasteiger partial charge on any atom is 0.242 e. The van der Waals surface area contributed by atoms with Gasteiger partial charge in [0.25, 0.3) is 0 Å². The molecule has 0 atom stereocenters. The Bertz CT molecular complexity index is 373. The first kappa shape index (κ1) is 10.3. The fourth-order valence-corrected chi connectivity index (χ4v) is 1.18. The van der Waals surface area contributed by atoms with Crippen molar-refractivity contribution < 1.29 is 4.79 Å². The maximum atomic E-state index is 11.3. The van der Waals surface area contributed by atoms with E-state index in [9.17, 15) is 4.79 Å². The van der Waals surface area contributed by atoms with Crippen LogP contribution in [0.15, 0.2) is 6.07 Å². The van der Waals surface area contributed by atoms with Gasteiger partial charge in [-0.25, -0.2) is 0 Å². The number of nitrogens with one attached hydrogen (secondary N) is 1. The Kier molecular flexibility index (Phi) is 3.29. The van der Waals surface area contributed by atoms with E-state index in [0.29, 0.717) is 0 Å². The molecular formula is C10H13N3O. The minimum atomic E-state index is -0.117. The van der Waals surface area contributed by atoms with Crippen molar-refractivity contribution in [3.63, 3.8) is 0 Å². The van der Waals surface area contributed by atoms with Crippen LogP contribution in [-0.2, 0) is 11.3 Å². The molecular weight excluding hydrogens is 178 g/mol. The summed E-state index contributed by atoms with van der Waals surface area (Å²) in [6.07, 6.45) is 5.02. The van der Waals surface area contributed by atoms with Crippen molar-refractivity contribution in [2.45, 2.75) is 20.4 Å². The smallest absolute Gasteiger partial charge is 0.242 e. The molecule has 1 heterocycles. The predicted molar refractivity (Wildman–Crippen MR) is 53.5 cm³/mol. The van der Waals surface area contributed by atoms with Crippen LogP contribution >= 0.6 is 0 Å². The molecule has 0 radical (unpaired) electrons. The average Bonchev–Trinajstić information content (AvgIpc) is 2.42. The topological polar surface area (TPSA) is 46.9 Å². The van der Waals surface area contributed by atoms with Crippen LogP contribution < -0.4 is 5.32 Å². The highest BCUT2D eigenvalue weighted by atomic mass is 16.2. The highest BCUT2D eigenvalue weighted by Crippen LogP contribution is 2.00. The predicted octanol–water partition coefficient (Wildman–Crippen LogP) is 0.249. The van der Waals surface area contributed by atoms with E-state index in [0.717, 1.165) is 11.4 Å². The maximum absolute atomic E-state index is 11.3. The van der Waals surface area contributed by atoms with E-state index in [-0.39, 0.29) is 19.0 Å². The van der Waals surface area contributed by atoms with E-state index < -0.39 is 0 Å². The molecule has 1 rings (SSSR count). The van der Waals surface area contributed by atoms with Crippen molar-refractivity contribution in [3.8, 4) is 12.3 Å². The number of hydrogen-bond acceptors (Lipinski definition) is 2. The first-order chi connectivity index (χ1) is 6.63. The quantitative estimate of drug-likeness (QED) is 0.696. The zero-order valence-electron chi connectivity index (χ0n) is 8.37. The fourth-order valence-electron chi connectivity index (χ4n) is 1.18. The van der Waals surface area contributed by atoms with Gasteiger partial charge in [0, 0.05) is 5.69 Å². The van der Waals surface area contributed by atoms with Gasteiger partial charge in [-0.05, 0) is 19.9 Å². The van der Waals surface area contributed by atoms with Crippen LogP contribution in [0.5, 0.6) is 0 Å². The second-order valence-electron chi connectivity index (χ2n) is 3.07. The van der Waals surface area contributed by atoms with Gasteiger partial charge in [0.15, 0.2) is 0 Å². The zero-order valence-corrected chi connectivity index (χ0v) is 8.37. The highest BCUT2D eigenvalue weighted by Gasteiger charge is 2.05. The van der Waals surface area contributed by atoms with Crippen LogP contribution in [0.4, 0.5) is 0 Å². The van der Waals surface area contributed by atoms with E-state index in [1.165, 1.54) is 0 Å². The van der Waals surface area contributed by atoms with Gasteiger partial charge < -0.3 is 5.32 Å². The first-order valence-corrected chi connectivity index (χ1v) is 4.34. The molecule has 0 spiro atoms. The fraction of sp³-hybridized carbons (Fsp3) is 0.400. The molecule has 0 saturated carbocycles. The molecule has 0 aliphatic rings. The second kappa shape index (κ2) is 4.47. The molecule has 4 heteroatoms. The standard InChI is InChI=1S/C10H13N3O/c1-4-5-11-10(14)7-13-9(3)6-8(2)12-13/h1,6H,5,7H2,2-3H3,(H,11,14). The number of carbonyl (C=O) groups is 1. The van der Waals surface area contributed by atoms with E-state index >= 15 is 0 Å². The van der Waals surface area contributed by atoms with Crippen molar-refractivity contribution in [2.75, 3.05) is 6.54 Å². The molecule has 14 heavy (non-hydrogen) atoms. The molecule has 0 fully saturated rings. The lowest BCUT2D eigenvalue weighted by molar-refractivity contribution is -0.121. The molecule has 4 nitrogen and oxygen atoms in total. The Labute approximate surface area is 83.3 Å². The summed E-state index contributed by atoms with van der Waals surface area (Å²) in [5.41, 5.74) is 1.88. The van der Waals surface area contributed by atoms with Gasteiger partial charge in [-0.2, -0.15) is 5.10 Å². The van der Waals surface area contributed by atoms with E-state index in [2.05, 4.69) is 16.3 Å². The van der Waals surface area contributed by atoms with Crippen LogP contribution in [0, 0.1) is 26.2 Å². The van der Waals surface area contributed by atoms with Gasteiger partial charge in [0.05, 0.1) is 12.2 Å². The molecule has 1 aromatic rings. The van der Waals surface area contributed by atoms with Crippen LogP contribution in [0.25, 0.3) is 0 Å². The molecule has 0 bridgehead atoms. The lowest BCUT2D eigenvalue weighted by Gasteiger charge is -2.03. The number of amides is 1. The normalized spacial score (nSPS) is 9.50. The van der Waals surface area contributed by atoms with Crippen LogP contribution in [0.2, 0.25) is 0 Å². The lowest BCUT2D eigenvalue weighted by atomic mass is 10.4. The van der Waals surface area contributed by atoms with Crippen molar-refractivity contribution in [1.82, 2.24) is 15.1 Å². The van der Waals surface area contributed by atoms with Gasteiger partial charge in [-0.3, -0.25) is 9.48 Å². The minimum Gasteiger partial charge on any atom is -0.344 e. The van der Waals surface area contributed by atoms with E-state index in [4.69, 9.17) is 6.42 Å². The number of aromatic nitrogens is 2. The van der Waals surface area contributed by atoms with Gasteiger partial charge >= 0.3 is 0 Å². The summed E-state index contributed by atoms with van der Waals surface area (Å²) in [4.78, 5) is 11.3. The molecule has 0 saturated heterocycles. The summed E-state index contributed by atoms with van der Waals surface area (Å²) in [5, 5.41) is 6.74. The molecule has 74 valence electrons. The Hall–Kier alpha value is -1.76. The minimum absolute atomic E-state index is 0.117. The molecule has 0 aliphatic carbocycles.